The van der Waals surface area contributed by atoms with E-state index in [2.05, 4.69) is 69.3 Å². The van der Waals surface area contributed by atoms with Crippen molar-refractivity contribution in [2.24, 2.45) is 5.92 Å². The van der Waals surface area contributed by atoms with Crippen molar-refractivity contribution in [3.8, 4) is 0 Å². The van der Waals surface area contributed by atoms with Gasteiger partial charge in [-0.25, -0.2) is 0 Å². The Bertz CT molecular complexity index is 613. The van der Waals surface area contributed by atoms with Gasteiger partial charge in [0.15, 0.2) is 0 Å². The molecule has 2 aromatic carbocycles. The number of benzene rings is 2. The monoisotopic (exact) mass is 386 g/mol. The van der Waals surface area contributed by atoms with E-state index in [1.807, 2.05) is 12.1 Å². The molecule has 4 heteroatoms. The highest BCUT2D eigenvalue weighted by Crippen LogP contribution is 2.37. The van der Waals surface area contributed by atoms with Crippen molar-refractivity contribution in [1.82, 2.24) is 0 Å². The molecule has 148 valence electrons. The van der Waals surface area contributed by atoms with Crippen molar-refractivity contribution in [2.75, 3.05) is 19.8 Å². The third kappa shape index (κ3) is 5.29. The van der Waals surface area contributed by atoms with Crippen molar-refractivity contribution in [2.45, 2.75) is 45.1 Å². The number of hydrogen-bond acceptors (Lipinski definition) is 3. The minimum Gasteiger partial charge on any atom is -0.407 e. The lowest BCUT2D eigenvalue weighted by Gasteiger charge is -2.43. The molecular formula is C23H34O3Si. The summed E-state index contributed by atoms with van der Waals surface area (Å²) < 4.78 is 6.92. The fourth-order valence-electron chi connectivity index (χ4n) is 3.88. The summed E-state index contributed by atoms with van der Waals surface area (Å²) in [5, 5.41) is 21.2. The van der Waals surface area contributed by atoms with Gasteiger partial charge in [-0.1, -0.05) is 81.4 Å². The summed E-state index contributed by atoms with van der Waals surface area (Å²) in [6.45, 7) is 7.76. The molecule has 0 spiro atoms. The van der Waals surface area contributed by atoms with Gasteiger partial charge in [-0.15, -0.1) is 0 Å². The first kappa shape index (κ1) is 21.8. The molecule has 0 aromatic heterocycles. The number of rotatable bonds is 10. The molecule has 1 atom stereocenters. The summed E-state index contributed by atoms with van der Waals surface area (Å²) in [7, 11) is -2.52. The van der Waals surface area contributed by atoms with Crippen LogP contribution >= 0.6 is 0 Å². The predicted molar refractivity (Wildman–Crippen MR) is 115 cm³/mol. The van der Waals surface area contributed by atoms with Gasteiger partial charge in [0.2, 0.25) is 0 Å². The largest absolute Gasteiger partial charge is 0.407 e. The van der Waals surface area contributed by atoms with Crippen molar-refractivity contribution < 1.29 is 14.6 Å². The molecule has 0 aliphatic heterocycles. The average Bonchev–Trinajstić information content (AvgIpc) is 2.67. The normalized spacial score (nSPS) is 13.5. The minimum atomic E-state index is -2.52. The highest BCUT2D eigenvalue weighted by atomic mass is 28.4. The fraction of sp³-hybridized carbons (Fsp3) is 0.478. The average molecular weight is 387 g/mol. The highest BCUT2D eigenvalue weighted by Gasteiger charge is 2.50. The highest BCUT2D eigenvalue weighted by molar-refractivity contribution is 6.99. The molecule has 0 bridgehead atoms. The fourth-order valence-corrected chi connectivity index (χ4v) is 8.52. The lowest BCUT2D eigenvalue weighted by Crippen LogP contribution is -2.66. The molecule has 3 nitrogen and oxygen atoms in total. The van der Waals surface area contributed by atoms with E-state index < -0.39 is 8.32 Å². The summed E-state index contributed by atoms with van der Waals surface area (Å²) in [4.78, 5) is 0. The van der Waals surface area contributed by atoms with E-state index in [1.54, 1.807) is 0 Å². The predicted octanol–water partition coefficient (Wildman–Crippen LogP) is 3.33. The molecule has 0 heterocycles. The summed E-state index contributed by atoms with van der Waals surface area (Å²) in [5.41, 5.74) is 0. The molecule has 2 N–H and O–H groups in total. The van der Waals surface area contributed by atoms with Gasteiger partial charge in [-0.05, 0) is 40.6 Å². The molecule has 0 radical (unpaired) electrons. The van der Waals surface area contributed by atoms with Crippen molar-refractivity contribution >= 4 is 18.7 Å². The molecule has 0 saturated carbocycles. The van der Waals surface area contributed by atoms with Gasteiger partial charge in [0.1, 0.15) is 0 Å². The Morgan fingerprint density at radius 3 is 1.74 bits per heavy atom. The standard InChI is InChI=1S/C23H34O3Si/c1-23(2,3)27(21-12-6-4-7-13-21,22-14-8-5-9-15-22)26-19-20(16-18-25)11-10-17-24/h4-9,12-15,20,24-25H,10-11,16-19H2,1-3H3/t20-/m0/s1. The first-order chi connectivity index (χ1) is 13.0. The zero-order valence-electron chi connectivity index (χ0n) is 16.9. The van der Waals surface area contributed by atoms with E-state index >= 15 is 0 Å². The van der Waals surface area contributed by atoms with Crippen LogP contribution < -0.4 is 10.4 Å². The summed E-state index contributed by atoms with van der Waals surface area (Å²) in [5.74, 6) is 0.254. The molecule has 2 aromatic rings. The van der Waals surface area contributed by atoms with E-state index in [-0.39, 0.29) is 24.2 Å². The van der Waals surface area contributed by atoms with Gasteiger partial charge in [0.05, 0.1) is 0 Å². The van der Waals surface area contributed by atoms with Crippen LogP contribution in [0, 0.1) is 5.92 Å². The number of hydrogen-bond donors (Lipinski definition) is 2. The Morgan fingerprint density at radius 2 is 1.33 bits per heavy atom. The van der Waals surface area contributed by atoms with Gasteiger partial charge in [0.25, 0.3) is 8.32 Å². The van der Waals surface area contributed by atoms with Gasteiger partial charge >= 0.3 is 0 Å². The van der Waals surface area contributed by atoms with E-state index in [4.69, 9.17) is 4.43 Å². The Labute approximate surface area is 165 Å². The summed E-state index contributed by atoms with van der Waals surface area (Å²) >= 11 is 0. The van der Waals surface area contributed by atoms with E-state index in [1.165, 1.54) is 10.4 Å². The van der Waals surface area contributed by atoms with E-state index in [9.17, 15) is 10.2 Å². The van der Waals surface area contributed by atoms with Crippen LogP contribution in [0.5, 0.6) is 0 Å². The number of aliphatic hydroxyl groups excluding tert-OH is 2. The Kier molecular flexibility index (Phi) is 8.23. The third-order valence-electron chi connectivity index (χ3n) is 5.26. The molecule has 0 aliphatic carbocycles. The van der Waals surface area contributed by atoms with E-state index in [0.29, 0.717) is 13.0 Å². The first-order valence-electron chi connectivity index (χ1n) is 9.92. The van der Waals surface area contributed by atoms with Crippen molar-refractivity contribution in [3.63, 3.8) is 0 Å². The van der Waals surface area contributed by atoms with Crippen molar-refractivity contribution in [3.05, 3.63) is 60.7 Å². The van der Waals surface area contributed by atoms with Crippen LogP contribution in [0.1, 0.15) is 40.0 Å². The third-order valence-corrected chi connectivity index (χ3v) is 10.3. The maximum absolute atomic E-state index is 9.45. The summed E-state index contributed by atoms with van der Waals surface area (Å²) in [6, 6.07) is 21.2. The second-order valence-corrected chi connectivity index (χ2v) is 12.5. The minimum absolute atomic E-state index is 0.0452. The van der Waals surface area contributed by atoms with E-state index in [0.717, 1.165) is 12.8 Å². The Hall–Kier alpha value is -1.46. The lowest BCUT2D eigenvalue weighted by molar-refractivity contribution is 0.173. The number of aliphatic hydroxyl groups is 2. The van der Waals surface area contributed by atoms with Crippen LogP contribution in [0.15, 0.2) is 60.7 Å². The molecule has 0 unspecified atom stereocenters. The second-order valence-electron chi connectivity index (χ2n) is 8.22. The van der Waals surface area contributed by atoms with Crippen LogP contribution in [0.25, 0.3) is 0 Å². The Balaban J connectivity index is 2.45. The topological polar surface area (TPSA) is 49.7 Å². The zero-order chi connectivity index (χ0) is 19.8. The van der Waals surface area contributed by atoms with Crippen LogP contribution in [0.4, 0.5) is 0 Å². The SMILES string of the molecule is CC(C)(C)[Si](OC[C@H](CCO)CCCO)(c1ccccc1)c1ccccc1. The maximum atomic E-state index is 9.45. The van der Waals surface area contributed by atoms with Crippen LogP contribution in [0.3, 0.4) is 0 Å². The van der Waals surface area contributed by atoms with Crippen LogP contribution in [-0.4, -0.2) is 38.4 Å². The molecule has 2 rings (SSSR count). The van der Waals surface area contributed by atoms with Gasteiger partial charge in [-0.2, -0.15) is 0 Å². The van der Waals surface area contributed by atoms with Gasteiger partial charge < -0.3 is 14.6 Å². The maximum Gasteiger partial charge on any atom is 0.261 e. The van der Waals surface area contributed by atoms with Crippen molar-refractivity contribution in [1.29, 1.82) is 0 Å². The molecule has 27 heavy (non-hydrogen) atoms. The summed E-state index contributed by atoms with van der Waals surface area (Å²) in [6.07, 6.45) is 2.32. The van der Waals surface area contributed by atoms with Crippen LogP contribution in [-0.2, 0) is 4.43 Å². The lowest BCUT2D eigenvalue weighted by atomic mass is 10.0. The first-order valence-corrected chi connectivity index (χ1v) is 11.8. The smallest absolute Gasteiger partial charge is 0.261 e. The second kappa shape index (κ2) is 10.2. The molecule has 0 saturated heterocycles. The molecule has 0 aliphatic rings. The molecular weight excluding hydrogens is 352 g/mol. The molecule has 0 fully saturated rings. The van der Waals surface area contributed by atoms with Gasteiger partial charge in [-0.3, -0.25) is 0 Å². The Morgan fingerprint density at radius 1 is 0.815 bits per heavy atom. The van der Waals surface area contributed by atoms with Crippen LogP contribution in [0.2, 0.25) is 5.04 Å². The molecule has 0 amide bonds. The quantitative estimate of drug-likeness (QED) is 0.616. The van der Waals surface area contributed by atoms with Gasteiger partial charge in [0, 0.05) is 19.8 Å². The zero-order valence-corrected chi connectivity index (χ0v) is 17.9.